The van der Waals surface area contributed by atoms with Gasteiger partial charge in [-0.25, -0.2) is 9.97 Å². The van der Waals surface area contributed by atoms with Crippen LogP contribution in [-0.4, -0.2) is 18.9 Å². The van der Waals surface area contributed by atoms with E-state index in [1.807, 2.05) is 12.1 Å². The van der Waals surface area contributed by atoms with E-state index in [1.165, 1.54) is 48.9 Å². The largest absolute Gasteiger partial charge is 0.456 e. The lowest BCUT2D eigenvalue weighted by Crippen LogP contribution is -2.04. The molecule has 5 aromatic heterocycles. The highest BCUT2D eigenvalue weighted by atomic mass is 16.3. The van der Waals surface area contributed by atoms with Crippen LogP contribution in [0.5, 0.6) is 0 Å². The predicted octanol–water partition coefficient (Wildman–Crippen LogP) is 12.6. The van der Waals surface area contributed by atoms with Gasteiger partial charge in [0, 0.05) is 48.7 Å². The van der Waals surface area contributed by atoms with Crippen LogP contribution in [0.15, 0.2) is 162 Å². The standard InChI is InChI=1S/C48H26N4O/c1-2-11-29-27(10-1)22-24-36-46(29)50-45(28-23-25-42-35(26-28)31-13-4-6-21-41(31)53-42)48(49-36)52-38-18-8-14-32-34-16-7-15-33-30-12-3-5-17-37(30)51(47(33)34)39-19-9-20-40(52)44(39)43(32)38/h1-26H. The highest BCUT2D eigenvalue weighted by molar-refractivity contribution is 6.31. The van der Waals surface area contributed by atoms with Crippen molar-refractivity contribution in [1.82, 2.24) is 18.9 Å². The zero-order chi connectivity index (χ0) is 34.4. The van der Waals surface area contributed by atoms with E-state index < -0.39 is 0 Å². The molecule has 0 bridgehead atoms. The first kappa shape index (κ1) is 27.5. The molecule has 0 fully saturated rings. The maximum absolute atomic E-state index is 6.27. The van der Waals surface area contributed by atoms with Crippen molar-refractivity contribution in [3.63, 3.8) is 0 Å². The number of para-hydroxylation sites is 3. The Balaban J connectivity index is 1.23. The minimum absolute atomic E-state index is 0.797. The van der Waals surface area contributed by atoms with Gasteiger partial charge < -0.3 is 8.82 Å². The number of nitrogens with zero attached hydrogens (tertiary/aromatic N) is 4. The first-order valence-electron chi connectivity index (χ1n) is 18.0. The Morgan fingerprint density at radius 3 is 2.02 bits per heavy atom. The maximum Gasteiger partial charge on any atom is 0.165 e. The van der Waals surface area contributed by atoms with Crippen LogP contribution < -0.4 is 0 Å². The molecule has 0 saturated heterocycles. The zero-order valence-corrected chi connectivity index (χ0v) is 28.2. The molecule has 5 heterocycles. The average molecular weight is 675 g/mol. The molecule has 0 saturated carbocycles. The smallest absolute Gasteiger partial charge is 0.165 e. The Hall–Kier alpha value is -7.24. The van der Waals surface area contributed by atoms with Gasteiger partial charge in [0.2, 0.25) is 0 Å². The highest BCUT2D eigenvalue weighted by Crippen LogP contribution is 2.45. The molecule has 13 aromatic rings. The Bertz CT molecular complexity index is 3700. The number of aromatic nitrogens is 4. The molecule has 244 valence electrons. The molecule has 0 amide bonds. The van der Waals surface area contributed by atoms with Crippen LogP contribution in [0.4, 0.5) is 0 Å². The third-order valence-corrected chi connectivity index (χ3v) is 11.4. The Kier molecular flexibility index (Phi) is 5.06. The molecular weight excluding hydrogens is 649 g/mol. The molecule has 53 heavy (non-hydrogen) atoms. The maximum atomic E-state index is 6.27. The van der Waals surface area contributed by atoms with Crippen LogP contribution in [0.3, 0.4) is 0 Å². The first-order chi connectivity index (χ1) is 26.3. The summed E-state index contributed by atoms with van der Waals surface area (Å²) in [6.45, 7) is 0. The average Bonchev–Trinajstić information content (AvgIpc) is 3.85. The van der Waals surface area contributed by atoms with Gasteiger partial charge >= 0.3 is 0 Å². The van der Waals surface area contributed by atoms with Gasteiger partial charge in [-0.2, -0.15) is 0 Å². The van der Waals surface area contributed by atoms with Crippen molar-refractivity contribution in [3.05, 3.63) is 158 Å². The van der Waals surface area contributed by atoms with Crippen LogP contribution in [0.2, 0.25) is 0 Å². The summed E-state index contributed by atoms with van der Waals surface area (Å²) >= 11 is 0. The molecule has 0 atom stereocenters. The third kappa shape index (κ3) is 3.46. The summed E-state index contributed by atoms with van der Waals surface area (Å²) in [6.07, 6.45) is 0. The van der Waals surface area contributed by atoms with Crippen LogP contribution in [-0.2, 0) is 0 Å². The van der Waals surface area contributed by atoms with Gasteiger partial charge in [-0.15, -0.1) is 0 Å². The SMILES string of the molecule is c1ccc2c(c1)ccc1nc(-n3c4cccc5c6cccc7c8ccccc8n(c8cccc3c8c54)c67)c(-c3ccc4oc5ccccc5c4c3)nc12. The van der Waals surface area contributed by atoms with E-state index in [-0.39, 0.29) is 0 Å². The Labute approximate surface area is 300 Å². The lowest BCUT2D eigenvalue weighted by Gasteiger charge is -2.15. The molecule has 0 aliphatic carbocycles. The fourth-order valence-electron chi connectivity index (χ4n) is 9.22. The molecule has 13 rings (SSSR count). The molecular formula is C48H26N4O. The first-order valence-corrected chi connectivity index (χ1v) is 18.0. The Morgan fingerprint density at radius 2 is 1.09 bits per heavy atom. The molecule has 0 spiro atoms. The van der Waals surface area contributed by atoms with Crippen molar-refractivity contribution in [2.75, 3.05) is 0 Å². The summed E-state index contributed by atoms with van der Waals surface area (Å²) in [4.78, 5) is 11.1. The molecule has 8 aromatic carbocycles. The normalized spacial score (nSPS) is 12.5. The number of hydrogen-bond donors (Lipinski definition) is 0. The van der Waals surface area contributed by atoms with Crippen LogP contribution >= 0.6 is 0 Å². The molecule has 0 radical (unpaired) electrons. The molecule has 5 heteroatoms. The third-order valence-electron chi connectivity index (χ3n) is 11.4. The van der Waals surface area contributed by atoms with Crippen molar-refractivity contribution in [2.24, 2.45) is 0 Å². The van der Waals surface area contributed by atoms with Crippen molar-refractivity contribution < 1.29 is 4.42 Å². The summed E-state index contributed by atoms with van der Waals surface area (Å²) in [6, 6.07) is 56.3. The fourth-order valence-corrected chi connectivity index (χ4v) is 9.22. The minimum Gasteiger partial charge on any atom is -0.456 e. The minimum atomic E-state index is 0.797. The van der Waals surface area contributed by atoms with Gasteiger partial charge in [-0.3, -0.25) is 4.57 Å². The van der Waals surface area contributed by atoms with Crippen molar-refractivity contribution in [2.45, 2.75) is 0 Å². The topological polar surface area (TPSA) is 48.3 Å². The van der Waals surface area contributed by atoms with Crippen molar-refractivity contribution in [3.8, 4) is 17.1 Å². The van der Waals surface area contributed by atoms with E-state index in [0.717, 1.165) is 71.9 Å². The van der Waals surface area contributed by atoms with Gasteiger partial charge in [0.15, 0.2) is 5.82 Å². The quantitative estimate of drug-likeness (QED) is 0.172. The lowest BCUT2D eigenvalue weighted by molar-refractivity contribution is 0.669. The number of furan rings is 1. The van der Waals surface area contributed by atoms with Crippen LogP contribution in [0, 0.1) is 0 Å². The molecule has 0 aliphatic rings. The van der Waals surface area contributed by atoms with E-state index in [1.54, 1.807) is 0 Å². The summed E-state index contributed by atoms with van der Waals surface area (Å²) in [7, 11) is 0. The van der Waals surface area contributed by atoms with Gasteiger partial charge in [0.05, 0.1) is 38.6 Å². The molecule has 0 aliphatic heterocycles. The molecule has 0 N–H and O–H groups in total. The number of benzene rings is 8. The highest BCUT2D eigenvalue weighted by Gasteiger charge is 2.25. The van der Waals surface area contributed by atoms with Gasteiger partial charge in [-0.05, 0) is 65.4 Å². The monoisotopic (exact) mass is 674 g/mol. The van der Waals surface area contributed by atoms with Crippen LogP contribution in [0.1, 0.15) is 0 Å². The van der Waals surface area contributed by atoms with Gasteiger partial charge in [0.1, 0.15) is 16.9 Å². The summed E-state index contributed by atoms with van der Waals surface area (Å²) in [5.74, 6) is 0.797. The molecule has 5 nitrogen and oxygen atoms in total. The van der Waals surface area contributed by atoms with E-state index in [2.05, 4.69) is 155 Å². The summed E-state index contributed by atoms with van der Waals surface area (Å²) in [5.41, 5.74) is 11.1. The number of fused-ring (bicyclic) bond motifs is 11. The summed E-state index contributed by atoms with van der Waals surface area (Å²) < 4.78 is 11.1. The van der Waals surface area contributed by atoms with E-state index in [0.29, 0.717) is 0 Å². The van der Waals surface area contributed by atoms with E-state index in [9.17, 15) is 0 Å². The molecule has 0 unspecified atom stereocenters. The van der Waals surface area contributed by atoms with Gasteiger partial charge in [-0.1, -0.05) is 103 Å². The summed E-state index contributed by atoms with van der Waals surface area (Å²) in [5, 5.41) is 11.8. The number of hydrogen-bond acceptors (Lipinski definition) is 3. The van der Waals surface area contributed by atoms with E-state index >= 15 is 0 Å². The Morgan fingerprint density at radius 1 is 0.434 bits per heavy atom. The van der Waals surface area contributed by atoms with Crippen molar-refractivity contribution >= 4 is 104 Å². The second-order valence-electron chi connectivity index (χ2n) is 14.1. The number of rotatable bonds is 2. The predicted molar refractivity (Wildman–Crippen MR) is 219 cm³/mol. The van der Waals surface area contributed by atoms with Crippen molar-refractivity contribution in [1.29, 1.82) is 0 Å². The fraction of sp³-hybridized carbons (Fsp3) is 0. The van der Waals surface area contributed by atoms with Gasteiger partial charge in [0.25, 0.3) is 0 Å². The second kappa shape index (κ2) is 9.75. The zero-order valence-electron chi connectivity index (χ0n) is 28.2. The second-order valence-corrected chi connectivity index (χ2v) is 14.1. The van der Waals surface area contributed by atoms with E-state index in [4.69, 9.17) is 14.4 Å². The lowest BCUT2D eigenvalue weighted by atomic mass is 10.0. The van der Waals surface area contributed by atoms with Crippen LogP contribution in [0.25, 0.3) is 121 Å².